The number of hydrogen-bond donors (Lipinski definition) is 4. The van der Waals surface area contributed by atoms with Crippen molar-refractivity contribution in [2.45, 2.75) is 38.5 Å². The molecule has 2 aliphatic carbocycles. The van der Waals surface area contributed by atoms with Gasteiger partial charge in [0.05, 0.1) is 11.1 Å². The van der Waals surface area contributed by atoms with Gasteiger partial charge in [0.2, 0.25) is 0 Å². The molecule has 2 aliphatic rings. The number of fused-ring (bicyclic) bond motifs is 2. The first-order valence-corrected chi connectivity index (χ1v) is 13.4. The lowest BCUT2D eigenvalue weighted by molar-refractivity contribution is 0.0954. The summed E-state index contributed by atoms with van der Waals surface area (Å²) in [5.41, 5.74) is 3.10. The van der Waals surface area contributed by atoms with E-state index in [2.05, 4.69) is 26.3 Å². The van der Waals surface area contributed by atoms with Crippen molar-refractivity contribution in [1.82, 2.24) is 15.6 Å². The average Bonchev–Trinajstić information content (AvgIpc) is 3.64. The van der Waals surface area contributed by atoms with Crippen LogP contribution in [0.5, 0.6) is 0 Å². The standard InChI is InChI=1S/C25H25N5O4S2/c1-26-22(33)18-12-6-3-10-16(12)35-24(18)29-20(31)14-8-5-9-15(28-14)21(32)30-25-19(23(34)27-2)13-7-4-11-17(13)36-25/h5,8-9H,3-4,6-7,10-11H2,1-2H3,(H,26,33)(H,27,34)(H,29,31)(H,30,32). The maximum Gasteiger partial charge on any atom is 0.274 e. The molecule has 0 unspecified atom stereocenters. The van der Waals surface area contributed by atoms with Gasteiger partial charge in [0.25, 0.3) is 23.6 Å². The summed E-state index contributed by atoms with van der Waals surface area (Å²) in [7, 11) is 3.13. The summed E-state index contributed by atoms with van der Waals surface area (Å²) in [4.78, 5) is 57.5. The van der Waals surface area contributed by atoms with Crippen LogP contribution in [0, 0.1) is 0 Å². The van der Waals surface area contributed by atoms with Gasteiger partial charge in [-0.05, 0) is 61.8 Å². The van der Waals surface area contributed by atoms with E-state index in [4.69, 9.17) is 0 Å². The zero-order chi connectivity index (χ0) is 25.4. The lowest BCUT2D eigenvalue weighted by Crippen LogP contribution is -2.23. The van der Waals surface area contributed by atoms with Crippen molar-refractivity contribution in [3.8, 4) is 0 Å². The molecule has 0 saturated heterocycles. The molecule has 3 aromatic heterocycles. The van der Waals surface area contributed by atoms with Gasteiger partial charge in [0.1, 0.15) is 21.4 Å². The van der Waals surface area contributed by atoms with Gasteiger partial charge in [0.15, 0.2) is 0 Å². The first kappa shape index (κ1) is 24.1. The molecule has 0 aromatic carbocycles. The number of aromatic nitrogens is 1. The van der Waals surface area contributed by atoms with Gasteiger partial charge in [-0.1, -0.05) is 6.07 Å². The van der Waals surface area contributed by atoms with Crippen LogP contribution in [0.15, 0.2) is 18.2 Å². The van der Waals surface area contributed by atoms with Crippen molar-refractivity contribution in [1.29, 1.82) is 0 Å². The molecule has 0 aliphatic heterocycles. The second-order valence-electron chi connectivity index (χ2n) is 8.60. The SMILES string of the molecule is CNC(=O)c1c(NC(=O)c2cccc(C(=O)Nc3sc4c(c3C(=O)NC)CCC4)n2)sc2c1CCC2. The van der Waals surface area contributed by atoms with Crippen LogP contribution < -0.4 is 21.3 Å². The number of carbonyl (C=O) groups is 4. The van der Waals surface area contributed by atoms with Gasteiger partial charge in [-0.25, -0.2) is 4.98 Å². The maximum absolute atomic E-state index is 13.0. The monoisotopic (exact) mass is 523 g/mol. The number of carbonyl (C=O) groups excluding carboxylic acids is 4. The van der Waals surface area contributed by atoms with Crippen LogP contribution >= 0.6 is 22.7 Å². The highest BCUT2D eigenvalue weighted by Crippen LogP contribution is 2.40. The molecule has 4 N–H and O–H groups in total. The summed E-state index contributed by atoms with van der Waals surface area (Å²) >= 11 is 2.82. The van der Waals surface area contributed by atoms with Crippen molar-refractivity contribution in [3.63, 3.8) is 0 Å². The number of anilines is 2. The third-order valence-corrected chi connectivity index (χ3v) is 8.83. The van der Waals surface area contributed by atoms with E-state index in [9.17, 15) is 19.2 Å². The fourth-order valence-corrected chi connectivity index (χ4v) is 7.30. The predicted octanol–water partition coefficient (Wildman–Crippen LogP) is 3.41. The molecule has 0 atom stereocenters. The van der Waals surface area contributed by atoms with Gasteiger partial charge in [-0.15, -0.1) is 22.7 Å². The van der Waals surface area contributed by atoms with Crippen LogP contribution in [0.4, 0.5) is 10.0 Å². The van der Waals surface area contributed by atoms with Gasteiger partial charge < -0.3 is 21.3 Å². The molecule has 3 heterocycles. The first-order valence-electron chi connectivity index (χ1n) is 11.7. The third-order valence-electron chi connectivity index (χ3n) is 6.42. The average molecular weight is 524 g/mol. The Kier molecular flexibility index (Phi) is 6.59. The Labute approximate surface area is 215 Å². The zero-order valence-corrected chi connectivity index (χ0v) is 21.5. The molecule has 4 amide bonds. The zero-order valence-electron chi connectivity index (χ0n) is 19.9. The molecule has 5 rings (SSSR count). The Morgan fingerprint density at radius 1 is 0.694 bits per heavy atom. The molecule has 3 aromatic rings. The Bertz CT molecular complexity index is 1310. The predicted molar refractivity (Wildman–Crippen MR) is 140 cm³/mol. The van der Waals surface area contributed by atoms with Crippen LogP contribution in [0.1, 0.15) is 75.4 Å². The van der Waals surface area contributed by atoms with Crippen LogP contribution in [-0.2, 0) is 25.7 Å². The smallest absolute Gasteiger partial charge is 0.274 e. The number of nitrogens with one attached hydrogen (secondary N) is 4. The highest BCUT2D eigenvalue weighted by Gasteiger charge is 2.29. The molecule has 36 heavy (non-hydrogen) atoms. The second kappa shape index (κ2) is 9.82. The number of aryl methyl sites for hydroxylation is 2. The lowest BCUT2D eigenvalue weighted by atomic mass is 10.1. The van der Waals surface area contributed by atoms with Crippen LogP contribution in [0.25, 0.3) is 0 Å². The Morgan fingerprint density at radius 2 is 1.14 bits per heavy atom. The summed E-state index contributed by atoms with van der Waals surface area (Å²) in [6, 6.07) is 4.62. The highest BCUT2D eigenvalue weighted by atomic mass is 32.1. The fraction of sp³-hybridized carbons (Fsp3) is 0.320. The normalized spacial score (nSPS) is 13.6. The van der Waals surface area contributed by atoms with E-state index >= 15 is 0 Å². The van der Waals surface area contributed by atoms with Crippen molar-refractivity contribution in [3.05, 3.63) is 61.6 Å². The molecule has 0 fully saturated rings. The number of pyridine rings is 1. The van der Waals surface area contributed by atoms with Crippen molar-refractivity contribution in [2.24, 2.45) is 0 Å². The summed E-state index contributed by atoms with van der Waals surface area (Å²) in [5.74, 6) is -1.48. The fourth-order valence-electron chi connectivity index (χ4n) is 4.74. The molecule has 11 heteroatoms. The Hall–Kier alpha value is -3.57. The van der Waals surface area contributed by atoms with E-state index in [0.717, 1.165) is 59.4 Å². The van der Waals surface area contributed by atoms with Crippen molar-refractivity contribution >= 4 is 56.3 Å². The van der Waals surface area contributed by atoms with E-state index in [1.54, 1.807) is 20.2 Å². The van der Waals surface area contributed by atoms with E-state index in [-0.39, 0.29) is 23.2 Å². The third kappa shape index (κ3) is 4.28. The van der Waals surface area contributed by atoms with Crippen molar-refractivity contribution in [2.75, 3.05) is 24.7 Å². The number of rotatable bonds is 6. The summed E-state index contributed by atoms with van der Waals surface area (Å²) < 4.78 is 0. The number of nitrogens with zero attached hydrogens (tertiary/aromatic N) is 1. The molecule has 9 nitrogen and oxygen atoms in total. The number of amides is 4. The van der Waals surface area contributed by atoms with Crippen molar-refractivity contribution < 1.29 is 19.2 Å². The van der Waals surface area contributed by atoms with E-state index in [0.29, 0.717) is 21.1 Å². The van der Waals surface area contributed by atoms with E-state index in [1.165, 1.54) is 34.8 Å². The number of thiophene rings is 2. The Morgan fingerprint density at radius 3 is 1.56 bits per heavy atom. The Balaban J connectivity index is 1.37. The van der Waals surface area contributed by atoms with Gasteiger partial charge >= 0.3 is 0 Å². The van der Waals surface area contributed by atoms with Crippen LogP contribution in [0.3, 0.4) is 0 Å². The van der Waals surface area contributed by atoms with Gasteiger partial charge in [0, 0.05) is 23.8 Å². The van der Waals surface area contributed by atoms with Gasteiger partial charge in [-0.3, -0.25) is 19.2 Å². The summed E-state index contributed by atoms with van der Waals surface area (Å²) in [5, 5.41) is 11.9. The second-order valence-corrected chi connectivity index (χ2v) is 10.8. The minimum Gasteiger partial charge on any atom is -0.355 e. The van der Waals surface area contributed by atoms with E-state index < -0.39 is 11.8 Å². The summed E-state index contributed by atoms with van der Waals surface area (Å²) in [6.45, 7) is 0. The highest BCUT2D eigenvalue weighted by molar-refractivity contribution is 7.17. The largest absolute Gasteiger partial charge is 0.355 e. The molecule has 0 spiro atoms. The van der Waals surface area contributed by atoms with Gasteiger partial charge in [-0.2, -0.15) is 0 Å². The topological polar surface area (TPSA) is 129 Å². The quantitative estimate of drug-likeness (QED) is 0.394. The molecule has 186 valence electrons. The maximum atomic E-state index is 13.0. The first-order chi connectivity index (χ1) is 17.4. The van der Waals surface area contributed by atoms with Crippen LogP contribution in [0.2, 0.25) is 0 Å². The van der Waals surface area contributed by atoms with E-state index in [1.807, 2.05) is 0 Å². The molecular weight excluding hydrogens is 498 g/mol. The molecule has 0 saturated carbocycles. The summed E-state index contributed by atoms with van der Waals surface area (Å²) in [6.07, 6.45) is 5.38. The molecule has 0 radical (unpaired) electrons. The number of hydrogen-bond acceptors (Lipinski definition) is 7. The molecular formula is C25H25N5O4S2. The minimum absolute atomic E-state index is 0.0549. The van der Waals surface area contributed by atoms with Crippen LogP contribution in [-0.4, -0.2) is 42.7 Å². The molecule has 0 bridgehead atoms. The lowest BCUT2D eigenvalue weighted by Gasteiger charge is -2.09. The minimum atomic E-state index is -0.504.